The molecular formula is C21H17ClN4O3. The summed E-state index contributed by atoms with van der Waals surface area (Å²) in [4.78, 5) is 41.3. The molecule has 4 rings (SSSR count). The van der Waals surface area contributed by atoms with E-state index in [0.29, 0.717) is 33.6 Å². The van der Waals surface area contributed by atoms with E-state index >= 15 is 0 Å². The number of carbonyl (C=O) groups excluding carboxylic acids is 2. The van der Waals surface area contributed by atoms with Crippen molar-refractivity contribution in [2.75, 3.05) is 0 Å². The minimum atomic E-state index is -0.506. The van der Waals surface area contributed by atoms with Crippen molar-refractivity contribution in [3.63, 3.8) is 0 Å². The van der Waals surface area contributed by atoms with Crippen LogP contribution in [0, 0.1) is 0 Å². The van der Waals surface area contributed by atoms with E-state index in [0.717, 1.165) is 18.7 Å². The summed E-state index contributed by atoms with van der Waals surface area (Å²) in [6.07, 6.45) is 4.46. The molecule has 0 fully saturated rings. The lowest BCUT2D eigenvalue weighted by molar-refractivity contribution is -0.117. The molecule has 0 bridgehead atoms. The van der Waals surface area contributed by atoms with Crippen molar-refractivity contribution < 1.29 is 9.59 Å². The summed E-state index contributed by atoms with van der Waals surface area (Å²) in [5.74, 6) is -0.278. The number of nitrogens with one attached hydrogen (secondary N) is 2. The molecule has 146 valence electrons. The number of aryl methyl sites for hydroxylation is 1. The molecule has 3 aromatic rings. The molecule has 2 N–H and O–H groups in total. The number of amides is 2. The van der Waals surface area contributed by atoms with Crippen molar-refractivity contribution in [3.8, 4) is 0 Å². The second kappa shape index (κ2) is 7.89. The van der Waals surface area contributed by atoms with Crippen molar-refractivity contribution in [1.82, 2.24) is 20.4 Å². The highest BCUT2D eigenvalue weighted by Crippen LogP contribution is 2.17. The Labute approximate surface area is 171 Å². The van der Waals surface area contributed by atoms with Crippen molar-refractivity contribution in [2.24, 2.45) is 0 Å². The number of rotatable bonds is 3. The zero-order valence-electron chi connectivity index (χ0n) is 15.3. The molecule has 7 nitrogen and oxygen atoms in total. The largest absolute Gasteiger partial charge is 0.296 e. The molecule has 0 radical (unpaired) electrons. The van der Waals surface area contributed by atoms with Gasteiger partial charge in [-0.1, -0.05) is 29.8 Å². The fraction of sp³-hybridized carbons (Fsp3) is 0.143. The van der Waals surface area contributed by atoms with Crippen LogP contribution in [0.5, 0.6) is 0 Å². The zero-order valence-corrected chi connectivity index (χ0v) is 16.1. The van der Waals surface area contributed by atoms with Crippen LogP contribution in [0.2, 0.25) is 5.02 Å². The Morgan fingerprint density at radius 1 is 1.14 bits per heavy atom. The molecule has 2 heterocycles. The lowest BCUT2D eigenvalue weighted by Crippen LogP contribution is -2.40. The summed E-state index contributed by atoms with van der Waals surface area (Å²) in [6.45, 7) is 0.674. The summed E-state index contributed by atoms with van der Waals surface area (Å²) in [5, 5.41) is 0.991. The summed E-state index contributed by atoms with van der Waals surface area (Å²) < 4.78 is 1.67. The van der Waals surface area contributed by atoms with E-state index in [-0.39, 0.29) is 5.56 Å². The number of hydrogen-bond donors (Lipinski definition) is 2. The molecule has 1 aromatic heterocycles. The molecule has 0 aliphatic carbocycles. The highest BCUT2D eigenvalue weighted by atomic mass is 35.5. The number of aromatic nitrogens is 2. The minimum Gasteiger partial charge on any atom is -0.296 e. The van der Waals surface area contributed by atoms with Gasteiger partial charge in [0.15, 0.2) is 0 Å². The van der Waals surface area contributed by atoms with Crippen molar-refractivity contribution in [2.45, 2.75) is 19.4 Å². The summed E-state index contributed by atoms with van der Waals surface area (Å²) in [7, 11) is 0. The van der Waals surface area contributed by atoms with Crippen LogP contribution >= 0.6 is 11.6 Å². The van der Waals surface area contributed by atoms with E-state index < -0.39 is 11.8 Å². The molecule has 2 aromatic carbocycles. The maximum atomic E-state index is 12.5. The number of benzene rings is 2. The monoisotopic (exact) mass is 408 g/mol. The van der Waals surface area contributed by atoms with Crippen LogP contribution in [-0.2, 0) is 17.8 Å². The third-order valence-corrected chi connectivity index (χ3v) is 5.04. The molecule has 1 aliphatic heterocycles. The molecule has 0 spiro atoms. The maximum absolute atomic E-state index is 12.5. The fourth-order valence-corrected chi connectivity index (χ4v) is 3.43. The van der Waals surface area contributed by atoms with Gasteiger partial charge in [-0.2, -0.15) is 0 Å². The van der Waals surface area contributed by atoms with Gasteiger partial charge in [-0.05, 0) is 42.3 Å². The molecule has 0 saturated heterocycles. The van der Waals surface area contributed by atoms with Crippen molar-refractivity contribution in [3.05, 3.63) is 80.9 Å². The lowest BCUT2D eigenvalue weighted by atomic mass is 10.1. The van der Waals surface area contributed by atoms with Crippen LogP contribution in [0.4, 0.5) is 0 Å². The second-order valence-electron chi connectivity index (χ2n) is 6.62. The Kier molecular flexibility index (Phi) is 5.14. The van der Waals surface area contributed by atoms with Crippen LogP contribution in [0.15, 0.2) is 53.3 Å². The van der Waals surface area contributed by atoms with Gasteiger partial charge in [0.05, 0.1) is 10.9 Å². The third-order valence-electron chi connectivity index (χ3n) is 4.70. The fourth-order valence-electron chi connectivity index (χ4n) is 3.23. The van der Waals surface area contributed by atoms with E-state index in [4.69, 9.17) is 11.6 Å². The van der Waals surface area contributed by atoms with Crippen LogP contribution in [0.1, 0.15) is 28.2 Å². The maximum Gasteiger partial charge on any atom is 0.269 e. The predicted octanol–water partition coefficient (Wildman–Crippen LogP) is 2.47. The number of halogens is 1. The topological polar surface area (TPSA) is 93.1 Å². The number of fused-ring (bicyclic) bond motifs is 2. The van der Waals surface area contributed by atoms with Crippen LogP contribution in [0.25, 0.3) is 17.0 Å². The van der Waals surface area contributed by atoms with E-state index in [9.17, 15) is 14.4 Å². The van der Waals surface area contributed by atoms with Crippen LogP contribution in [-0.4, -0.2) is 21.4 Å². The Hall–Kier alpha value is -3.45. The summed E-state index contributed by atoms with van der Waals surface area (Å²) >= 11 is 6.03. The average molecular weight is 409 g/mol. The van der Waals surface area contributed by atoms with E-state index in [1.807, 2.05) is 0 Å². The van der Waals surface area contributed by atoms with Gasteiger partial charge < -0.3 is 0 Å². The minimum absolute atomic E-state index is 0.0903. The Morgan fingerprint density at radius 2 is 1.97 bits per heavy atom. The van der Waals surface area contributed by atoms with Crippen LogP contribution < -0.4 is 16.4 Å². The molecule has 29 heavy (non-hydrogen) atoms. The van der Waals surface area contributed by atoms with E-state index in [1.165, 1.54) is 12.1 Å². The second-order valence-corrected chi connectivity index (χ2v) is 7.03. The van der Waals surface area contributed by atoms with Gasteiger partial charge in [-0.3, -0.25) is 29.8 Å². The quantitative estimate of drug-likeness (QED) is 0.514. The predicted molar refractivity (Wildman–Crippen MR) is 110 cm³/mol. The van der Waals surface area contributed by atoms with Gasteiger partial charge >= 0.3 is 0 Å². The number of carbonyl (C=O) groups is 2. The first-order chi connectivity index (χ1) is 14.0. The van der Waals surface area contributed by atoms with Crippen molar-refractivity contribution >= 4 is 40.4 Å². The van der Waals surface area contributed by atoms with Gasteiger partial charge in [0.2, 0.25) is 0 Å². The molecule has 0 atom stereocenters. The average Bonchev–Trinajstić information content (AvgIpc) is 3.20. The van der Waals surface area contributed by atoms with E-state index in [1.54, 1.807) is 47.0 Å². The first-order valence-electron chi connectivity index (χ1n) is 9.09. The number of hydrogen-bond acceptors (Lipinski definition) is 4. The molecule has 2 amide bonds. The number of hydrazine groups is 1. The van der Waals surface area contributed by atoms with Crippen LogP contribution in [0.3, 0.4) is 0 Å². The van der Waals surface area contributed by atoms with Gasteiger partial charge in [-0.25, -0.2) is 4.98 Å². The first-order valence-corrected chi connectivity index (χ1v) is 9.47. The van der Waals surface area contributed by atoms with Gasteiger partial charge in [-0.15, -0.1) is 0 Å². The smallest absolute Gasteiger partial charge is 0.269 e. The third kappa shape index (κ3) is 3.90. The highest BCUT2D eigenvalue weighted by Gasteiger charge is 2.17. The Balaban J connectivity index is 1.45. The van der Waals surface area contributed by atoms with Gasteiger partial charge in [0.25, 0.3) is 17.4 Å². The molecule has 0 unspecified atom stereocenters. The van der Waals surface area contributed by atoms with Gasteiger partial charge in [0, 0.05) is 29.6 Å². The summed E-state index contributed by atoms with van der Waals surface area (Å²) in [6, 6.07) is 11.8. The molecule has 1 aliphatic rings. The summed E-state index contributed by atoms with van der Waals surface area (Å²) in [5.41, 5.74) is 6.03. The first kappa shape index (κ1) is 18.9. The zero-order chi connectivity index (χ0) is 20.4. The number of nitrogens with zero attached hydrogens (tertiary/aromatic N) is 2. The molecule has 0 saturated carbocycles. The molecular weight excluding hydrogens is 392 g/mol. The van der Waals surface area contributed by atoms with Crippen molar-refractivity contribution in [1.29, 1.82) is 0 Å². The lowest BCUT2D eigenvalue weighted by Gasteiger charge is -2.08. The van der Waals surface area contributed by atoms with E-state index in [2.05, 4.69) is 15.8 Å². The van der Waals surface area contributed by atoms with Gasteiger partial charge in [0.1, 0.15) is 5.82 Å². The Morgan fingerprint density at radius 3 is 2.79 bits per heavy atom. The standard InChI is InChI=1S/C21H17ClN4O3/c22-16-5-2-1-4-13(16)8-10-19(27)24-25-20(28)14-7-9-15-17(12-14)23-18-6-3-11-26(18)21(15)29/h1-2,4-5,7-10,12H,3,6,11H2,(H,24,27)(H,25,28)/b10-8+. The Bertz CT molecular complexity index is 1220. The highest BCUT2D eigenvalue weighted by molar-refractivity contribution is 6.32. The molecule has 8 heteroatoms. The SMILES string of the molecule is O=C(/C=C/c1ccccc1Cl)NNC(=O)c1ccc2c(=O)n3c(nc2c1)CCC3. The normalized spacial score (nSPS) is 12.9.